The Morgan fingerprint density at radius 2 is 1.92 bits per heavy atom. The van der Waals surface area contributed by atoms with Crippen molar-refractivity contribution in [2.45, 2.75) is 51.9 Å². The van der Waals surface area contributed by atoms with Gasteiger partial charge in [0.1, 0.15) is 29.8 Å². The number of aliphatic hydroxyl groups is 1. The highest BCUT2D eigenvalue weighted by molar-refractivity contribution is 5.85. The Morgan fingerprint density at radius 3 is 2.50 bits per heavy atom. The highest BCUT2D eigenvalue weighted by Crippen LogP contribution is 2.49. The number of carbonyl (C=O) groups is 1. The Labute approximate surface area is 222 Å². The molecule has 2 aliphatic rings. The third-order valence-corrected chi connectivity index (χ3v) is 6.96. The van der Waals surface area contributed by atoms with Gasteiger partial charge in [-0.05, 0) is 52.8 Å². The van der Waals surface area contributed by atoms with Crippen LogP contribution in [0, 0.1) is 23.2 Å². The van der Waals surface area contributed by atoms with E-state index < -0.39 is 11.2 Å². The van der Waals surface area contributed by atoms with Crippen molar-refractivity contribution < 1.29 is 19.4 Å². The highest BCUT2D eigenvalue weighted by atomic mass is 16.6. The molecule has 4 heterocycles. The molecule has 2 fully saturated rings. The van der Waals surface area contributed by atoms with Gasteiger partial charge in [0.15, 0.2) is 0 Å². The van der Waals surface area contributed by atoms with Crippen LogP contribution in [-0.2, 0) is 4.74 Å². The second-order valence-electron chi connectivity index (χ2n) is 11.9. The van der Waals surface area contributed by atoms with E-state index in [1.807, 2.05) is 46.0 Å². The molecule has 3 atom stereocenters. The van der Waals surface area contributed by atoms with Gasteiger partial charge in [-0.3, -0.25) is 0 Å². The molecule has 1 aliphatic heterocycles. The number of ether oxygens (including phenoxy) is 2. The highest BCUT2D eigenvalue weighted by Gasteiger charge is 2.59. The van der Waals surface area contributed by atoms with Crippen LogP contribution < -0.4 is 9.64 Å². The van der Waals surface area contributed by atoms with Gasteiger partial charge < -0.3 is 24.4 Å². The molecule has 1 aliphatic carbocycles. The number of piperidine rings is 1. The van der Waals surface area contributed by atoms with Gasteiger partial charge in [0, 0.05) is 55.3 Å². The fourth-order valence-corrected chi connectivity index (χ4v) is 5.18. The van der Waals surface area contributed by atoms with Crippen molar-refractivity contribution in [3.63, 3.8) is 0 Å². The molecule has 0 aromatic carbocycles. The molecule has 1 saturated carbocycles. The summed E-state index contributed by atoms with van der Waals surface area (Å²) < 4.78 is 13.0. The molecule has 1 saturated heterocycles. The van der Waals surface area contributed by atoms with Crippen LogP contribution in [0.4, 0.5) is 10.6 Å². The maximum absolute atomic E-state index is 12.5. The molecule has 0 bridgehead atoms. The van der Waals surface area contributed by atoms with E-state index in [1.54, 1.807) is 35.7 Å². The van der Waals surface area contributed by atoms with Crippen LogP contribution in [-0.4, -0.2) is 74.7 Å². The van der Waals surface area contributed by atoms with Crippen LogP contribution in [0.5, 0.6) is 5.75 Å². The summed E-state index contributed by atoms with van der Waals surface area (Å²) in [6, 6.07) is 8.22. The quantitative estimate of drug-likeness (QED) is 0.525. The van der Waals surface area contributed by atoms with Crippen LogP contribution in [0.25, 0.3) is 16.6 Å². The van der Waals surface area contributed by atoms with Crippen molar-refractivity contribution in [2.24, 2.45) is 11.8 Å². The monoisotopic (exact) mass is 518 g/mol. The van der Waals surface area contributed by atoms with E-state index in [0.29, 0.717) is 28.7 Å². The third kappa shape index (κ3) is 5.11. The van der Waals surface area contributed by atoms with Crippen LogP contribution >= 0.6 is 0 Å². The summed E-state index contributed by atoms with van der Waals surface area (Å²) in [7, 11) is 1.82. The van der Waals surface area contributed by atoms with Gasteiger partial charge in [-0.15, -0.1) is 0 Å². The Kier molecular flexibility index (Phi) is 6.22. The number of amides is 1. The summed E-state index contributed by atoms with van der Waals surface area (Å²) in [5, 5.41) is 24.0. The normalized spacial score (nSPS) is 20.7. The number of fused-ring (bicyclic) bond motifs is 2. The second kappa shape index (κ2) is 9.17. The van der Waals surface area contributed by atoms with Crippen molar-refractivity contribution in [1.29, 1.82) is 5.26 Å². The summed E-state index contributed by atoms with van der Waals surface area (Å²) in [5.74, 6) is 2.22. The topological polar surface area (TPSA) is 116 Å². The van der Waals surface area contributed by atoms with E-state index in [0.717, 1.165) is 30.0 Å². The first-order valence-corrected chi connectivity index (χ1v) is 12.8. The zero-order valence-corrected chi connectivity index (χ0v) is 22.7. The number of carbonyl (C=O) groups excluding carboxylic acids is 1. The molecule has 3 aromatic rings. The van der Waals surface area contributed by atoms with E-state index in [2.05, 4.69) is 16.1 Å². The van der Waals surface area contributed by atoms with E-state index in [4.69, 9.17) is 14.5 Å². The number of pyridine rings is 2. The predicted octanol–water partition coefficient (Wildman–Crippen LogP) is 3.72. The Morgan fingerprint density at radius 1 is 1.21 bits per heavy atom. The van der Waals surface area contributed by atoms with Crippen LogP contribution in [0.1, 0.15) is 40.2 Å². The van der Waals surface area contributed by atoms with Crippen LogP contribution in [0.15, 0.2) is 36.8 Å². The van der Waals surface area contributed by atoms with Crippen LogP contribution in [0.3, 0.4) is 0 Å². The van der Waals surface area contributed by atoms with E-state index in [9.17, 15) is 15.2 Å². The van der Waals surface area contributed by atoms with Crippen LogP contribution in [0.2, 0.25) is 0 Å². The lowest BCUT2D eigenvalue weighted by Gasteiger charge is -2.28. The minimum Gasteiger partial charge on any atom is -0.489 e. The minimum atomic E-state index is -0.989. The largest absolute Gasteiger partial charge is 0.489 e. The number of rotatable bonds is 6. The Bertz CT molecular complexity index is 1380. The lowest BCUT2D eigenvalue weighted by Crippen LogP contribution is -2.39. The van der Waals surface area contributed by atoms with Gasteiger partial charge >= 0.3 is 6.09 Å². The molecule has 1 amide bonds. The van der Waals surface area contributed by atoms with Crippen molar-refractivity contribution in [1.82, 2.24) is 19.5 Å². The van der Waals surface area contributed by atoms with Crippen molar-refractivity contribution in [3.8, 4) is 22.9 Å². The molecule has 3 aromatic heterocycles. The minimum absolute atomic E-state index is 0.114. The first kappa shape index (κ1) is 25.8. The third-order valence-electron chi connectivity index (χ3n) is 6.96. The Balaban J connectivity index is 1.32. The summed E-state index contributed by atoms with van der Waals surface area (Å²) in [5.41, 5.74) is 1.24. The smallest absolute Gasteiger partial charge is 0.410 e. The lowest BCUT2D eigenvalue weighted by atomic mass is 10.1. The molecule has 200 valence electrons. The molecule has 0 spiro atoms. The zero-order chi connectivity index (χ0) is 27.4. The molecular formula is C28H34N6O4. The van der Waals surface area contributed by atoms with Gasteiger partial charge in [-0.25, -0.2) is 14.3 Å². The number of nitriles is 1. The summed E-state index contributed by atoms with van der Waals surface area (Å²) in [6.45, 7) is 10.8. The maximum Gasteiger partial charge on any atom is 0.410 e. The fraction of sp³-hybridized carbons (Fsp3) is 0.500. The average molecular weight is 519 g/mol. The fourth-order valence-electron chi connectivity index (χ4n) is 5.18. The van der Waals surface area contributed by atoms with Gasteiger partial charge in [0.25, 0.3) is 0 Å². The summed E-state index contributed by atoms with van der Waals surface area (Å²) >= 11 is 0. The summed E-state index contributed by atoms with van der Waals surface area (Å²) in [6.07, 6.45) is 4.76. The van der Waals surface area contributed by atoms with E-state index in [-0.39, 0.29) is 18.7 Å². The van der Waals surface area contributed by atoms with Gasteiger partial charge in [-0.1, -0.05) is 0 Å². The van der Waals surface area contributed by atoms with Crippen molar-refractivity contribution in [2.75, 3.05) is 31.6 Å². The first-order valence-electron chi connectivity index (χ1n) is 12.8. The van der Waals surface area contributed by atoms with Gasteiger partial charge in [0.2, 0.25) is 0 Å². The van der Waals surface area contributed by atoms with E-state index >= 15 is 0 Å². The zero-order valence-electron chi connectivity index (χ0n) is 22.7. The molecular weight excluding hydrogens is 484 g/mol. The van der Waals surface area contributed by atoms with E-state index in [1.165, 1.54) is 6.20 Å². The first-order chi connectivity index (χ1) is 17.8. The molecule has 10 heteroatoms. The summed E-state index contributed by atoms with van der Waals surface area (Å²) in [4.78, 5) is 21.2. The number of aromatic nitrogens is 3. The molecule has 38 heavy (non-hydrogen) atoms. The number of hydrogen-bond acceptors (Lipinski definition) is 8. The Hall–Kier alpha value is -3.84. The number of hydrogen-bond donors (Lipinski definition) is 1. The van der Waals surface area contributed by atoms with Gasteiger partial charge in [-0.2, -0.15) is 10.4 Å². The molecule has 10 nitrogen and oxygen atoms in total. The van der Waals surface area contributed by atoms with Crippen molar-refractivity contribution in [3.05, 3.63) is 42.4 Å². The number of nitrogens with zero attached hydrogens (tertiary/aromatic N) is 6. The predicted molar refractivity (Wildman–Crippen MR) is 142 cm³/mol. The second-order valence-corrected chi connectivity index (χ2v) is 11.9. The average Bonchev–Trinajstić information content (AvgIpc) is 3.17. The molecule has 5 rings (SSSR count). The van der Waals surface area contributed by atoms with Crippen molar-refractivity contribution >= 4 is 17.4 Å². The lowest BCUT2D eigenvalue weighted by molar-refractivity contribution is 0.0266. The molecule has 1 N–H and O–H groups in total. The molecule has 0 radical (unpaired) electrons. The number of anilines is 1. The molecule has 0 unspecified atom stereocenters. The van der Waals surface area contributed by atoms with Gasteiger partial charge in [0.05, 0.1) is 29.1 Å². The SMILES string of the molecule is CN(C(=O)OC(C)(C)C)[C@H]1[C@@H]2CN(c3ccc(-c4cc(OCC(C)(C)O)cn5ncc(C#N)c45)cn3)C[C@@H]21. The standard InChI is InChI=1S/C28H34N6O4/c1-27(2,3)38-26(35)32(6)25-21-14-33(15-22(21)25)23-8-7-17(11-30-23)20-9-19(37-16-28(4,5)36)13-34-24(20)18(10-29)12-31-34/h7-9,11-13,21-22,25,36H,14-16H2,1-6H3/t21-,22+,25+. The maximum atomic E-state index is 12.5.